The third-order valence-corrected chi connectivity index (χ3v) is 9.81. The van der Waals surface area contributed by atoms with Crippen LogP contribution in [0.2, 0.25) is 0 Å². The molecule has 1 unspecified atom stereocenters. The molecule has 1 aliphatic heterocycles. The summed E-state index contributed by atoms with van der Waals surface area (Å²) >= 11 is 1.52. The summed E-state index contributed by atoms with van der Waals surface area (Å²) in [6.45, 7) is 1.71. The third-order valence-electron chi connectivity index (χ3n) is 8.71. The standard InChI is InChI=1S/C38H40N6O5S/c1-25(46)32(21-26-9-5-3-6-10-26)40-37(47)39-22-27-13-19-31(20-14-27)36-48-33(24-50-38-41-42-43-44(38)2)34(29-11-7-4-8-12-29)35(49-36)30-17-15-28(23-45)16-18-30/h3-20,32-36,45H,21-24H2,1-2H3,(H2,39,40,47)/t32-,33-,34-,35+,36?/m1/s1. The van der Waals surface area contributed by atoms with E-state index in [1.807, 2.05) is 104 Å². The number of carbonyl (C=O) groups excluding carboxylic acids is 2. The molecule has 2 amide bonds. The lowest BCUT2D eigenvalue weighted by molar-refractivity contribution is -0.255. The van der Waals surface area contributed by atoms with Crippen molar-refractivity contribution in [2.24, 2.45) is 7.05 Å². The van der Waals surface area contributed by atoms with Crippen LogP contribution in [0.5, 0.6) is 0 Å². The number of tetrazole rings is 1. The van der Waals surface area contributed by atoms with Crippen LogP contribution in [0, 0.1) is 0 Å². The molecule has 0 aliphatic carbocycles. The molecule has 0 bridgehead atoms. The maximum Gasteiger partial charge on any atom is 0.315 e. The Kier molecular flexibility index (Phi) is 11.7. The molecule has 5 aromatic rings. The van der Waals surface area contributed by atoms with Crippen LogP contribution in [0.1, 0.15) is 58.6 Å². The molecule has 258 valence electrons. The van der Waals surface area contributed by atoms with E-state index in [1.54, 1.807) is 4.68 Å². The van der Waals surface area contributed by atoms with Crippen molar-refractivity contribution in [3.05, 3.63) is 143 Å². The highest BCUT2D eigenvalue weighted by Gasteiger charge is 2.42. The van der Waals surface area contributed by atoms with Crippen LogP contribution in [0.25, 0.3) is 0 Å². The van der Waals surface area contributed by atoms with Gasteiger partial charge in [0.1, 0.15) is 0 Å². The zero-order chi connectivity index (χ0) is 34.9. The van der Waals surface area contributed by atoms with E-state index >= 15 is 0 Å². The van der Waals surface area contributed by atoms with Gasteiger partial charge in [-0.05, 0) is 51.6 Å². The zero-order valence-electron chi connectivity index (χ0n) is 27.9. The van der Waals surface area contributed by atoms with Gasteiger partial charge in [-0.15, -0.1) is 5.10 Å². The Morgan fingerprint density at radius 1 is 0.840 bits per heavy atom. The predicted molar refractivity (Wildman–Crippen MR) is 189 cm³/mol. The van der Waals surface area contributed by atoms with Crippen molar-refractivity contribution in [1.82, 2.24) is 30.8 Å². The van der Waals surface area contributed by atoms with Crippen LogP contribution in [0.3, 0.4) is 0 Å². The predicted octanol–water partition coefficient (Wildman–Crippen LogP) is 5.43. The van der Waals surface area contributed by atoms with E-state index in [1.165, 1.54) is 18.7 Å². The fourth-order valence-electron chi connectivity index (χ4n) is 5.98. The molecule has 11 nitrogen and oxygen atoms in total. The van der Waals surface area contributed by atoms with Crippen LogP contribution < -0.4 is 10.6 Å². The van der Waals surface area contributed by atoms with Gasteiger partial charge in [0, 0.05) is 30.8 Å². The maximum atomic E-state index is 12.8. The van der Waals surface area contributed by atoms with Crippen LogP contribution in [0.4, 0.5) is 4.79 Å². The first-order valence-electron chi connectivity index (χ1n) is 16.5. The summed E-state index contributed by atoms with van der Waals surface area (Å²) in [4.78, 5) is 25.0. The van der Waals surface area contributed by atoms with Gasteiger partial charge < -0.3 is 25.2 Å². The molecule has 50 heavy (non-hydrogen) atoms. The molecule has 4 aromatic carbocycles. The molecule has 6 rings (SSSR count). The van der Waals surface area contributed by atoms with E-state index < -0.39 is 18.4 Å². The van der Waals surface area contributed by atoms with Gasteiger partial charge in [0.15, 0.2) is 12.1 Å². The smallest absolute Gasteiger partial charge is 0.315 e. The van der Waals surface area contributed by atoms with Crippen molar-refractivity contribution >= 4 is 23.6 Å². The summed E-state index contributed by atoms with van der Waals surface area (Å²) in [6.07, 6.45) is -0.898. The molecule has 1 saturated heterocycles. The van der Waals surface area contributed by atoms with Gasteiger partial charge >= 0.3 is 6.03 Å². The molecule has 0 saturated carbocycles. The van der Waals surface area contributed by atoms with Crippen molar-refractivity contribution in [2.75, 3.05) is 5.75 Å². The number of aliphatic hydroxyl groups excluding tert-OH is 1. The van der Waals surface area contributed by atoms with Crippen LogP contribution in [-0.2, 0) is 40.9 Å². The van der Waals surface area contributed by atoms with E-state index in [0.717, 1.165) is 33.4 Å². The summed E-state index contributed by atoms with van der Waals surface area (Å²) in [5, 5.41) is 28.0. The number of urea groups is 1. The summed E-state index contributed by atoms with van der Waals surface area (Å²) < 4.78 is 15.2. The fraction of sp³-hybridized carbons (Fsp3) is 0.289. The highest BCUT2D eigenvalue weighted by atomic mass is 32.2. The SMILES string of the molecule is CC(=O)[C@@H](Cc1ccccc1)NC(=O)NCc1ccc(C2O[C@H](CSc3nnnn3C)[C@@H](c3ccccc3)[C@H](c3ccc(CO)cc3)O2)cc1. The first kappa shape index (κ1) is 35.0. The number of aliphatic hydroxyl groups is 1. The van der Waals surface area contributed by atoms with E-state index in [0.29, 0.717) is 17.3 Å². The molecule has 1 aliphatic rings. The van der Waals surface area contributed by atoms with E-state index in [-0.39, 0.29) is 37.1 Å². The summed E-state index contributed by atoms with van der Waals surface area (Å²) in [7, 11) is 1.81. The van der Waals surface area contributed by atoms with Gasteiger partial charge in [0.2, 0.25) is 5.16 Å². The monoisotopic (exact) mass is 692 g/mol. The Bertz CT molecular complexity index is 1840. The number of hydrogen-bond donors (Lipinski definition) is 3. The van der Waals surface area contributed by atoms with Gasteiger partial charge in [-0.1, -0.05) is 121 Å². The molecule has 2 heterocycles. The van der Waals surface area contributed by atoms with E-state index in [9.17, 15) is 14.7 Å². The first-order chi connectivity index (χ1) is 24.4. The lowest BCUT2D eigenvalue weighted by Crippen LogP contribution is -2.46. The van der Waals surface area contributed by atoms with Gasteiger partial charge in [-0.3, -0.25) is 4.79 Å². The number of aromatic nitrogens is 4. The van der Waals surface area contributed by atoms with Gasteiger partial charge in [-0.2, -0.15) is 0 Å². The van der Waals surface area contributed by atoms with Gasteiger partial charge in [0.25, 0.3) is 0 Å². The van der Waals surface area contributed by atoms with Crippen LogP contribution in [0.15, 0.2) is 114 Å². The van der Waals surface area contributed by atoms with Crippen molar-refractivity contribution < 1.29 is 24.2 Å². The van der Waals surface area contributed by atoms with Crippen LogP contribution in [-0.4, -0.2) is 55.0 Å². The second-order valence-corrected chi connectivity index (χ2v) is 13.2. The number of nitrogens with zero attached hydrogens (tertiary/aromatic N) is 4. The number of aryl methyl sites for hydroxylation is 1. The number of carbonyl (C=O) groups is 2. The molecule has 0 spiro atoms. The highest BCUT2D eigenvalue weighted by Crippen LogP contribution is 2.47. The molecular weight excluding hydrogens is 653 g/mol. The molecule has 5 atom stereocenters. The number of rotatable bonds is 13. The highest BCUT2D eigenvalue weighted by molar-refractivity contribution is 7.99. The van der Waals surface area contributed by atoms with Crippen molar-refractivity contribution in [3.8, 4) is 0 Å². The Labute approximate surface area is 295 Å². The van der Waals surface area contributed by atoms with Crippen LogP contribution >= 0.6 is 11.8 Å². The number of nitrogens with one attached hydrogen (secondary N) is 2. The molecule has 1 fully saturated rings. The largest absolute Gasteiger partial charge is 0.392 e. The quantitative estimate of drug-likeness (QED) is 0.138. The Morgan fingerprint density at radius 3 is 2.14 bits per heavy atom. The zero-order valence-corrected chi connectivity index (χ0v) is 28.7. The Morgan fingerprint density at radius 2 is 1.50 bits per heavy atom. The lowest BCUT2D eigenvalue weighted by atomic mass is 9.84. The third kappa shape index (κ3) is 8.82. The average Bonchev–Trinajstić information content (AvgIpc) is 3.57. The minimum Gasteiger partial charge on any atom is -0.392 e. The number of amides is 2. The summed E-state index contributed by atoms with van der Waals surface area (Å²) in [6, 6.07) is 34.3. The molecular formula is C38H40N6O5S. The molecule has 0 radical (unpaired) electrons. The van der Waals surface area contributed by atoms with Crippen molar-refractivity contribution in [3.63, 3.8) is 0 Å². The normalized spacial score (nSPS) is 19.4. The topological polar surface area (TPSA) is 140 Å². The summed E-state index contributed by atoms with van der Waals surface area (Å²) in [5.41, 5.74) is 5.56. The van der Waals surface area contributed by atoms with Crippen molar-refractivity contribution in [1.29, 1.82) is 0 Å². The second-order valence-electron chi connectivity index (χ2n) is 12.2. The van der Waals surface area contributed by atoms with Gasteiger partial charge in [0.05, 0.1) is 24.9 Å². The first-order valence-corrected chi connectivity index (χ1v) is 17.4. The number of ketones is 1. The summed E-state index contributed by atoms with van der Waals surface area (Å²) in [5.74, 6) is 0.313. The number of thioether (sulfide) groups is 1. The Balaban J connectivity index is 1.18. The van der Waals surface area contributed by atoms with Gasteiger partial charge in [-0.25, -0.2) is 9.48 Å². The minimum absolute atomic E-state index is 0.0431. The number of hydrogen-bond acceptors (Lipinski definition) is 9. The Hall–Kier alpha value is -4.88. The fourth-order valence-corrected chi connectivity index (χ4v) is 6.90. The average molecular weight is 693 g/mol. The molecule has 3 N–H and O–H groups in total. The number of ether oxygens (including phenoxy) is 2. The number of benzene rings is 4. The number of Topliss-reactive ketones (excluding diaryl/α,β-unsaturated/α-hetero) is 1. The van der Waals surface area contributed by atoms with E-state index in [2.05, 4.69) is 38.3 Å². The molecule has 12 heteroatoms. The maximum absolute atomic E-state index is 12.8. The lowest BCUT2D eigenvalue weighted by Gasteiger charge is -2.43. The van der Waals surface area contributed by atoms with E-state index in [4.69, 9.17) is 9.47 Å². The minimum atomic E-state index is -0.680. The molecule has 1 aromatic heterocycles. The van der Waals surface area contributed by atoms with Crippen molar-refractivity contribution in [2.45, 2.75) is 62.1 Å². The second kappa shape index (κ2) is 16.7.